The van der Waals surface area contributed by atoms with Crippen LogP contribution in [0.5, 0.6) is 0 Å². The molecule has 1 amide bonds. The average molecular weight is 605 g/mol. The van der Waals surface area contributed by atoms with Gasteiger partial charge in [0, 0.05) is 18.2 Å². The molecule has 0 saturated heterocycles. The summed E-state index contributed by atoms with van der Waals surface area (Å²) in [7, 11) is -3.96. The van der Waals surface area contributed by atoms with Crippen molar-refractivity contribution in [1.29, 1.82) is 0 Å². The van der Waals surface area contributed by atoms with Gasteiger partial charge in [0.1, 0.15) is 4.90 Å². The monoisotopic (exact) mass is 604 g/mol. The van der Waals surface area contributed by atoms with Gasteiger partial charge in [0.25, 0.3) is 10.0 Å². The van der Waals surface area contributed by atoms with Crippen LogP contribution in [0.3, 0.4) is 0 Å². The Hall–Kier alpha value is -2.21. The van der Waals surface area contributed by atoms with Gasteiger partial charge >= 0.3 is 0 Å². The molecule has 4 saturated carbocycles. The zero-order valence-corrected chi connectivity index (χ0v) is 27.5. The molecule has 234 valence electrons. The van der Waals surface area contributed by atoms with E-state index in [0.717, 1.165) is 41.6 Å². The molecule has 0 bridgehead atoms. The second-order valence-electron chi connectivity index (χ2n) is 15.2. The average Bonchev–Trinajstić information content (AvgIpc) is 3.37. The van der Waals surface area contributed by atoms with Crippen LogP contribution in [-0.2, 0) is 14.8 Å². The van der Waals surface area contributed by atoms with Gasteiger partial charge in [0.05, 0.1) is 5.69 Å². The summed E-state index contributed by atoms with van der Waals surface area (Å²) in [6.07, 6.45) is 16.1. The van der Waals surface area contributed by atoms with E-state index >= 15 is 0 Å². The Balaban J connectivity index is 1.07. The number of nitrogens with zero attached hydrogens (tertiary/aromatic N) is 1. The molecule has 3 unspecified atom stereocenters. The van der Waals surface area contributed by atoms with Crippen molar-refractivity contribution in [3.8, 4) is 11.3 Å². The van der Waals surface area contributed by atoms with E-state index in [-0.39, 0.29) is 11.3 Å². The highest BCUT2D eigenvalue weighted by Crippen LogP contribution is 2.69. The highest BCUT2D eigenvalue weighted by molar-refractivity contribution is 7.90. The fourth-order valence-electron chi connectivity index (χ4n) is 11.1. The van der Waals surface area contributed by atoms with E-state index in [4.69, 9.17) is 0 Å². The number of sulfonamides is 1. The van der Waals surface area contributed by atoms with Crippen LogP contribution in [-0.4, -0.2) is 19.3 Å². The van der Waals surface area contributed by atoms with Crippen molar-refractivity contribution in [2.45, 2.75) is 110 Å². The minimum atomic E-state index is -3.96. The summed E-state index contributed by atoms with van der Waals surface area (Å²) in [5.41, 5.74) is 2.49. The van der Waals surface area contributed by atoms with E-state index in [1.165, 1.54) is 76.5 Å². The molecule has 0 spiro atoms. The van der Waals surface area contributed by atoms with Crippen LogP contribution in [0.2, 0.25) is 0 Å². The summed E-state index contributed by atoms with van der Waals surface area (Å²) < 4.78 is 28.3. The topological polar surface area (TPSA) is 76.1 Å². The van der Waals surface area contributed by atoms with Gasteiger partial charge in [-0.15, -0.1) is 0 Å². The maximum Gasteiger partial charge on any atom is 0.265 e. The van der Waals surface area contributed by atoms with Crippen LogP contribution in [0, 0.1) is 52.3 Å². The summed E-state index contributed by atoms with van der Waals surface area (Å²) in [5, 5.41) is 0. The van der Waals surface area contributed by atoms with Gasteiger partial charge in [-0.2, -0.15) is 0 Å². The maximum atomic E-state index is 13.0. The van der Waals surface area contributed by atoms with Crippen molar-refractivity contribution < 1.29 is 13.2 Å². The van der Waals surface area contributed by atoms with E-state index < -0.39 is 15.9 Å². The zero-order chi connectivity index (χ0) is 30.4. The molecule has 4 fully saturated rings. The molecule has 43 heavy (non-hydrogen) atoms. The van der Waals surface area contributed by atoms with Gasteiger partial charge in [-0.25, -0.2) is 13.1 Å². The lowest BCUT2D eigenvalue weighted by Gasteiger charge is -2.63. The van der Waals surface area contributed by atoms with Gasteiger partial charge in [-0.3, -0.25) is 9.78 Å². The molecule has 1 aromatic carbocycles. The number of carbonyl (C=O) groups excluding carboxylic acids is 1. The summed E-state index contributed by atoms with van der Waals surface area (Å²) in [6, 6.07) is 12.8. The van der Waals surface area contributed by atoms with Gasteiger partial charge < -0.3 is 0 Å². The van der Waals surface area contributed by atoms with Crippen LogP contribution in [0.15, 0.2) is 53.6 Å². The molecule has 4 aliphatic carbocycles. The minimum Gasteiger partial charge on any atom is -0.274 e. The Kier molecular flexibility index (Phi) is 8.56. The number of hydrogen-bond donors (Lipinski definition) is 1. The van der Waals surface area contributed by atoms with Gasteiger partial charge in [-0.05, 0) is 116 Å². The Morgan fingerprint density at radius 2 is 1.72 bits per heavy atom. The van der Waals surface area contributed by atoms with Gasteiger partial charge in [0.2, 0.25) is 5.91 Å². The van der Waals surface area contributed by atoms with Crippen LogP contribution in [0.25, 0.3) is 11.3 Å². The zero-order valence-electron chi connectivity index (χ0n) is 26.7. The SMILES string of the molecule is CC[C@H]1CC2C3CC[C@H]([C@H](C)CCC(=O)NS(=O)(=O)c4ccc(-c5ccccc5)nc4)[C@@]3(C)CCC2[C@@]2(C)CCCC[C@@H]12. The van der Waals surface area contributed by atoms with E-state index in [0.29, 0.717) is 28.4 Å². The fraction of sp³-hybridized carbons (Fsp3) is 0.676. The molecule has 2 aromatic rings. The second kappa shape index (κ2) is 11.9. The van der Waals surface area contributed by atoms with Crippen LogP contribution in [0.1, 0.15) is 105 Å². The Labute approximate surface area is 260 Å². The number of nitrogens with one attached hydrogen (secondary N) is 1. The first-order chi connectivity index (χ1) is 20.6. The lowest BCUT2D eigenvalue weighted by molar-refractivity contribution is -0.138. The summed E-state index contributed by atoms with van der Waals surface area (Å²) in [6.45, 7) is 10.00. The maximum absolute atomic E-state index is 13.0. The van der Waals surface area contributed by atoms with Crippen LogP contribution < -0.4 is 4.72 Å². The lowest BCUT2D eigenvalue weighted by Crippen LogP contribution is -2.55. The highest BCUT2D eigenvalue weighted by atomic mass is 32.2. The Morgan fingerprint density at radius 1 is 0.953 bits per heavy atom. The number of carbonyl (C=O) groups is 1. The van der Waals surface area contributed by atoms with Crippen molar-refractivity contribution in [3.63, 3.8) is 0 Å². The smallest absolute Gasteiger partial charge is 0.265 e. The third-order valence-corrected chi connectivity index (χ3v) is 14.6. The van der Waals surface area contributed by atoms with Crippen LogP contribution in [0.4, 0.5) is 0 Å². The third kappa shape index (κ3) is 5.59. The number of aromatic nitrogens is 1. The van der Waals surface area contributed by atoms with Crippen molar-refractivity contribution in [2.24, 2.45) is 52.3 Å². The predicted octanol–water partition coefficient (Wildman–Crippen LogP) is 8.65. The number of benzene rings is 1. The molecular weight excluding hydrogens is 552 g/mol. The Morgan fingerprint density at radius 3 is 2.44 bits per heavy atom. The third-order valence-electron chi connectivity index (χ3n) is 13.2. The van der Waals surface area contributed by atoms with Crippen molar-refractivity contribution >= 4 is 15.9 Å². The first-order valence-electron chi connectivity index (χ1n) is 17.1. The molecule has 0 radical (unpaired) electrons. The molecule has 6 heteroatoms. The highest BCUT2D eigenvalue weighted by Gasteiger charge is 2.61. The molecule has 1 N–H and O–H groups in total. The summed E-state index contributed by atoms with van der Waals surface area (Å²) in [4.78, 5) is 17.3. The van der Waals surface area contributed by atoms with Crippen LogP contribution >= 0.6 is 0 Å². The number of rotatable bonds is 8. The molecule has 6 rings (SSSR count). The normalized spacial score (nSPS) is 36.2. The van der Waals surface area contributed by atoms with Crippen molar-refractivity contribution in [3.05, 3.63) is 48.7 Å². The second-order valence-corrected chi connectivity index (χ2v) is 16.8. The fourth-order valence-corrected chi connectivity index (χ4v) is 12.1. The number of amides is 1. The minimum absolute atomic E-state index is 0.0169. The van der Waals surface area contributed by atoms with E-state index in [2.05, 4.69) is 37.4 Å². The number of fused-ring (bicyclic) bond motifs is 5. The molecule has 5 nitrogen and oxygen atoms in total. The predicted molar refractivity (Wildman–Crippen MR) is 172 cm³/mol. The molecule has 1 heterocycles. The van der Waals surface area contributed by atoms with Gasteiger partial charge in [0.15, 0.2) is 0 Å². The summed E-state index contributed by atoms with van der Waals surface area (Å²) in [5.74, 6) is 4.95. The van der Waals surface area contributed by atoms with E-state index in [1.807, 2.05) is 30.3 Å². The standard InChI is InChI=1S/C37H52N2O3S/c1-5-26-23-29-32-17-16-30(37(32,4)22-20-33(29)36(3)21-10-9-13-31(26)36)25(2)14-19-35(40)39-43(41,42)28-15-18-34(38-24-28)27-11-7-6-8-12-27/h6-8,11-12,15,18,24-26,29-33H,5,9-10,13-14,16-17,19-23H2,1-4H3,(H,39,40)/t25-,26+,29?,30-,31+,32?,33?,36+,37-/m1/s1. The van der Waals surface area contributed by atoms with E-state index in [1.54, 1.807) is 6.07 Å². The van der Waals surface area contributed by atoms with Crippen molar-refractivity contribution in [1.82, 2.24) is 9.71 Å². The molecule has 4 aliphatic rings. The number of hydrogen-bond acceptors (Lipinski definition) is 4. The largest absolute Gasteiger partial charge is 0.274 e. The van der Waals surface area contributed by atoms with Crippen molar-refractivity contribution in [2.75, 3.05) is 0 Å². The quantitative estimate of drug-likeness (QED) is 0.327. The molecular formula is C37H52N2O3S. The van der Waals surface area contributed by atoms with Gasteiger partial charge in [-0.1, -0.05) is 77.3 Å². The Bertz CT molecular complexity index is 1390. The lowest BCUT2D eigenvalue weighted by atomic mass is 9.42. The summed E-state index contributed by atoms with van der Waals surface area (Å²) >= 11 is 0. The first kappa shape index (κ1) is 30.8. The first-order valence-corrected chi connectivity index (χ1v) is 18.6. The number of pyridine rings is 1. The van der Waals surface area contributed by atoms with E-state index in [9.17, 15) is 13.2 Å². The molecule has 0 aliphatic heterocycles. The molecule has 9 atom stereocenters. The molecule has 1 aromatic heterocycles.